The van der Waals surface area contributed by atoms with E-state index in [0.29, 0.717) is 16.5 Å². The van der Waals surface area contributed by atoms with Gasteiger partial charge in [-0.15, -0.1) is 0 Å². The topological polar surface area (TPSA) is 20.2 Å². The Morgan fingerprint density at radius 3 is 2.53 bits per heavy atom. The molecule has 0 aliphatic rings. The maximum absolute atomic E-state index is 9.58. The van der Waals surface area contributed by atoms with Crippen LogP contribution in [0.15, 0.2) is 46.9 Å². The van der Waals surface area contributed by atoms with E-state index in [1.165, 1.54) is 0 Å². The van der Waals surface area contributed by atoms with Crippen molar-refractivity contribution in [3.63, 3.8) is 0 Å². The molecule has 0 aliphatic heterocycles. The minimum absolute atomic E-state index is 0.00243. The van der Waals surface area contributed by atoms with Gasteiger partial charge in [-0.05, 0) is 41.8 Å². The van der Waals surface area contributed by atoms with Gasteiger partial charge in [0.05, 0.1) is 6.61 Å². The number of rotatable bonds is 4. The number of benzene rings is 2. The first-order valence-electron chi connectivity index (χ1n) is 5.90. The molecule has 2 rings (SSSR count). The van der Waals surface area contributed by atoms with E-state index < -0.39 is 0 Å². The van der Waals surface area contributed by atoms with Crippen LogP contribution < -0.4 is 0 Å². The van der Waals surface area contributed by atoms with Crippen molar-refractivity contribution in [1.82, 2.24) is 0 Å². The lowest BCUT2D eigenvalue weighted by molar-refractivity contribution is 0.264. The first-order chi connectivity index (χ1) is 9.10. The molecular formula is C15H13BrCl2O. The Morgan fingerprint density at radius 2 is 1.89 bits per heavy atom. The molecule has 19 heavy (non-hydrogen) atoms. The lowest BCUT2D eigenvalue weighted by Crippen LogP contribution is -2.08. The lowest BCUT2D eigenvalue weighted by Gasteiger charge is -2.16. The Bertz CT molecular complexity index is 572. The molecular weight excluding hydrogens is 347 g/mol. The predicted molar refractivity (Wildman–Crippen MR) is 84.1 cm³/mol. The van der Waals surface area contributed by atoms with Gasteiger partial charge in [-0.1, -0.05) is 57.3 Å². The summed E-state index contributed by atoms with van der Waals surface area (Å²) in [5.74, 6) is -0.00243. The van der Waals surface area contributed by atoms with Crippen molar-refractivity contribution in [2.75, 3.05) is 6.61 Å². The van der Waals surface area contributed by atoms with Gasteiger partial charge in [-0.3, -0.25) is 0 Å². The predicted octanol–water partition coefficient (Wildman–Crippen LogP) is 5.07. The molecule has 0 fully saturated rings. The number of hydrogen-bond acceptors (Lipinski definition) is 1. The monoisotopic (exact) mass is 358 g/mol. The van der Waals surface area contributed by atoms with Crippen LogP contribution in [0.25, 0.3) is 0 Å². The minimum Gasteiger partial charge on any atom is -0.396 e. The van der Waals surface area contributed by atoms with Gasteiger partial charge in [0, 0.05) is 20.4 Å². The maximum Gasteiger partial charge on any atom is 0.0502 e. The van der Waals surface area contributed by atoms with Crippen molar-refractivity contribution in [3.05, 3.63) is 68.1 Å². The van der Waals surface area contributed by atoms with Crippen LogP contribution in [0.1, 0.15) is 17.0 Å². The van der Waals surface area contributed by atoms with Gasteiger partial charge in [0.25, 0.3) is 0 Å². The Labute approximate surface area is 131 Å². The highest BCUT2D eigenvalue weighted by Gasteiger charge is 2.13. The number of hydrogen-bond donors (Lipinski definition) is 1. The van der Waals surface area contributed by atoms with Crippen LogP contribution in [0.4, 0.5) is 0 Å². The lowest BCUT2D eigenvalue weighted by atomic mass is 9.93. The standard InChI is InChI=1S/C15H13BrCl2O/c16-13-5-4-11(15(18)8-13)6-12(9-19)10-2-1-3-14(17)7-10/h1-5,7-8,12,19H,6,9H2. The van der Waals surface area contributed by atoms with Crippen molar-refractivity contribution in [3.8, 4) is 0 Å². The summed E-state index contributed by atoms with van der Waals surface area (Å²) in [6.45, 7) is 0.0622. The van der Waals surface area contributed by atoms with Crippen molar-refractivity contribution in [2.24, 2.45) is 0 Å². The molecule has 0 bridgehead atoms. The molecule has 0 radical (unpaired) electrons. The third kappa shape index (κ3) is 3.96. The number of halogens is 3. The number of aliphatic hydroxyl groups is 1. The van der Waals surface area contributed by atoms with Crippen LogP contribution in [0.3, 0.4) is 0 Å². The maximum atomic E-state index is 9.58. The minimum atomic E-state index is -0.00243. The van der Waals surface area contributed by atoms with Gasteiger partial charge in [0.2, 0.25) is 0 Å². The summed E-state index contributed by atoms with van der Waals surface area (Å²) in [5.41, 5.74) is 2.04. The highest BCUT2D eigenvalue weighted by molar-refractivity contribution is 9.10. The second-order valence-electron chi connectivity index (χ2n) is 4.37. The summed E-state index contributed by atoms with van der Waals surface area (Å²) in [5, 5.41) is 11.0. The second-order valence-corrected chi connectivity index (χ2v) is 6.13. The van der Waals surface area contributed by atoms with E-state index in [4.69, 9.17) is 23.2 Å². The molecule has 0 heterocycles. The Balaban J connectivity index is 2.24. The fraction of sp³-hybridized carbons (Fsp3) is 0.200. The summed E-state index contributed by atoms with van der Waals surface area (Å²) in [7, 11) is 0. The Kier molecular flexibility index (Phi) is 5.28. The highest BCUT2D eigenvalue weighted by Crippen LogP contribution is 2.28. The third-order valence-corrected chi connectivity index (χ3v) is 4.10. The molecule has 4 heteroatoms. The zero-order valence-electron chi connectivity index (χ0n) is 10.1. The highest BCUT2D eigenvalue weighted by atomic mass is 79.9. The van der Waals surface area contributed by atoms with Crippen LogP contribution >= 0.6 is 39.1 Å². The van der Waals surface area contributed by atoms with Crippen LogP contribution in [0, 0.1) is 0 Å². The van der Waals surface area contributed by atoms with E-state index in [1.54, 1.807) is 0 Å². The van der Waals surface area contributed by atoms with Crippen molar-refractivity contribution in [2.45, 2.75) is 12.3 Å². The van der Waals surface area contributed by atoms with Crippen LogP contribution in [-0.2, 0) is 6.42 Å². The molecule has 0 aliphatic carbocycles. The second kappa shape index (κ2) is 6.76. The summed E-state index contributed by atoms with van der Waals surface area (Å²) >= 11 is 15.6. The Morgan fingerprint density at radius 1 is 1.11 bits per heavy atom. The van der Waals surface area contributed by atoms with Crippen molar-refractivity contribution in [1.29, 1.82) is 0 Å². The van der Waals surface area contributed by atoms with Crippen LogP contribution in [0.2, 0.25) is 10.0 Å². The SMILES string of the molecule is OCC(Cc1ccc(Br)cc1Cl)c1cccc(Cl)c1. The number of aliphatic hydroxyl groups excluding tert-OH is 1. The van der Waals surface area contributed by atoms with Crippen molar-refractivity contribution >= 4 is 39.1 Å². The normalized spacial score (nSPS) is 12.4. The quantitative estimate of drug-likeness (QED) is 0.807. The summed E-state index contributed by atoms with van der Waals surface area (Å²) in [4.78, 5) is 0. The average molecular weight is 360 g/mol. The van der Waals surface area contributed by atoms with Gasteiger partial charge in [-0.25, -0.2) is 0 Å². The fourth-order valence-corrected chi connectivity index (χ4v) is 2.95. The van der Waals surface area contributed by atoms with Gasteiger partial charge in [-0.2, -0.15) is 0 Å². The molecule has 0 saturated carbocycles. The first kappa shape index (κ1) is 14.9. The van der Waals surface area contributed by atoms with Gasteiger partial charge >= 0.3 is 0 Å². The molecule has 100 valence electrons. The van der Waals surface area contributed by atoms with E-state index in [2.05, 4.69) is 15.9 Å². The molecule has 1 unspecified atom stereocenters. The summed E-state index contributed by atoms with van der Waals surface area (Å²) in [6.07, 6.45) is 0.683. The van der Waals surface area contributed by atoms with E-state index in [-0.39, 0.29) is 12.5 Å². The molecule has 2 aromatic carbocycles. The summed E-state index contributed by atoms with van der Waals surface area (Å²) < 4.78 is 0.949. The van der Waals surface area contributed by atoms with Gasteiger partial charge < -0.3 is 5.11 Å². The largest absolute Gasteiger partial charge is 0.396 e. The molecule has 0 aromatic heterocycles. The van der Waals surface area contributed by atoms with E-state index in [1.807, 2.05) is 42.5 Å². The molecule has 1 nitrogen and oxygen atoms in total. The fourth-order valence-electron chi connectivity index (χ4n) is 2.00. The zero-order chi connectivity index (χ0) is 13.8. The van der Waals surface area contributed by atoms with E-state index in [9.17, 15) is 5.11 Å². The van der Waals surface area contributed by atoms with Crippen LogP contribution in [0.5, 0.6) is 0 Å². The van der Waals surface area contributed by atoms with Gasteiger partial charge in [0.15, 0.2) is 0 Å². The zero-order valence-corrected chi connectivity index (χ0v) is 13.2. The molecule has 0 saturated heterocycles. The average Bonchev–Trinajstić information content (AvgIpc) is 2.38. The van der Waals surface area contributed by atoms with Crippen molar-refractivity contribution < 1.29 is 5.11 Å². The van der Waals surface area contributed by atoms with Crippen LogP contribution in [-0.4, -0.2) is 11.7 Å². The third-order valence-electron chi connectivity index (χ3n) is 3.02. The summed E-state index contributed by atoms with van der Waals surface area (Å²) in [6, 6.07) is 13.4. The Hall–Kier alpha value is -0.540. The molecule has 1 atom stereocenters. The molecule has 0 amide bonds. The van der Waals surface area contributed by atoms with Gasteiger partial charge in [0.1, 0.15) is 0 Å². The first-order valence-corrected chi connectivity index (χ1v) is 7.45. The van der Waals surface area contributed by atoms with E-state index in [0.717, 1.165) is 15.6 Å². The molecule has 0 spiro atoms. The molecule has 1 N–H and O–H groups in total. The van der Waals surface area contributed by atoms with E-state index >= 15 is 0 Å². The molecule has 2 aromatic rings. The smallest absolute Gasteiger partial charge is 0.0502 e.